The Balaban J connectivity index is 1.30. The van der Waals surface area contributed by atoms with E-state index in [1.165, 1.54) is 0 Å². The Morgan fingerprint density at radius 3 is 2.50 bits per heavy atom. The molecule has 5 N–H and O–H groups in total. The topological polar surface area (TPSA) is 138 Å². The van der Waals surface area contributed by atoms with Gasteiger partial charge in [0.15, 0.2) is 12.4 Å². The third-order valence-electron chi connectivity index (χ3n) is 7.24. The van der Waals surface area contributed by atoms with E-state index >= 15 is 0 Å². The zero-order valence-corrected chi connectivity index (χ0v) is 25.6. The van der Waals surface area contributed by atoms with E-state index in [9.17, 15) is 19.5 Å². The highest BCUT2D eigenvalue weighted by molar-refractivity contribution is 5.97. The van der Waals surface area contributed by atoms with Gasteiger partial charge in [-0.15, -0.1) is 0 Å². The number of rotatable bonds is 15. The molecule has 0 saturated heterocycles. The molecule has 0 radical (unpaired) electrons. The molecule has 0 aromatic heterocycles. The fourth-order valence-corrected chi connectivity index (χ4v) is 4.87. The van der Waals surface area contributed by atoms with Gasteiger partial charge in [0.25, 0.3) is 5.91 Å². The molecule has 3 aromatic rings. The highest BCUT2D eigenvalue weighted by atomic mass is 16.5. The van der Waals surface area contributed by atoms with Gasteiger partial charge in [-0.3, -0.25) is 14.4 Å². The van der Waals surface area contributed by atoms with Gasteiger partial charge in [-0.25, -0.2) is 0 Å². The Morgan fingerprint density at radius 1 is 1.02 bits per heavy atom. The van der Waals surface area contributed by atoms with Crippen molar-refractivity contribution in [3.8, 4) is 11.5 Å². The lowest BCUT2D eigenvalue weighted by Gasteiger charge is -2.30. The van der Waals surface area contributed by atoms with Crippen LogP contribution < -0.4 is 30.7 Å². The number of ether oxygens (including phenoxy) is 2. The number of amides is 3. The third-order valence-corrected chi connectivity index (χ3v) is 7.24. The molecule has 1 aliphatic heterocycles. The average molecular weight is 603 g/mol. The fraction of sp³-hybridized carbons (Fsp3) is 0.382. The summed E-state index contributed by atoms with van der Waals surface area (Å²) in [4.78, 5) is 35.6. The number of β-amino-alcohol motifs (C(OH)–C–C–N with tert-alkyl or cyclic N) is 1. The minimum absolute atomic E-state index is 0.0187. The number of benzene rings is 3. The van der Waals surface area contributed by atoms with Gasteiger partial charge in [-0.05, 0) is 62.1 Å². The van der Waals surface area contributed by atoms with E-state index in [1.807, 2.05) is 54.6 Å². The molecule has 1 heterocycles. The van der Waals surface area contributed by atoms with Gasteiger partial charge >= 0.3 is 0 Å². The lowest BCUT2D eigenvalue weighted by atomic mass is 9.94. The average Bonchev–Trinajstić information content (AvgIpc) is 3.02. The van der Waals surface area contributed by atoms with Crippen molar-refractivity contribution in [2.24, 2.45) is 0 Å². The van der Waals surface area contributed by atoms with Crippen molar-refractivity contribution >= 4 is 29.1 Å². The van der Waals surface area contributed by atoms with Crippen LogP contribution in [0.5, 0.6) is 11.5 Å². The van der Waals surface area contributed by atoms with E-state index in [-0.39, 0.29) is 36.4 Å². The van der Waals surface area contributed by atoms with Crippen molar-refractivity contribution in [2.75, 3.05) is 30.3 Å². The molecule has 0 saturated carbocycles. The van der Waals surface area contributed by atoms with Crippen LogP contribution in [-0.2, 0) is 27.4 Å². The first-order valence-corrected chi connectivity index (χ1v) is 15.0. The Morgan fingerprint density at radius 2 is 1.77 bits per heavy atom. The van der Waals surface area contributed by atoms with E-state index in [4.69, 9.17) is 9.47 Å². The van der Waals surface area contributed by atoms with E-state index < -0.39 is 6.10 Å². The Hall–Kier alpha value is -4.41. The maximum Gasteiger partial charge on any atom is 0.262 e. The second-order valence-electron chi connectivity index (χ2n) is 11.5. The van der Waals surface area contributed by atoms with Gasteiger partial charge in [0.05, 0.1) is 6.10 Å². The quantitative estimate of drug-likeness (QED) is 0.162. The van der Waals surface area contributed by atoms with Crippen LogP contribution in [0.3, 0.4) is 0 Å². The summed E-state index contributed by atoms with van der Waals surface area (Å²) in [6, 6.07) is 20.9. The standard InChI is InChI=1S/C34H42N4O6/c1-4-29(40)35-18-8-11-30(41)37-25-14-12-23(13-15-25)19-34(2,3)36-20-27(39)26-16-17-28(32-33(26)44-22-31(42)38-32)43-21-24-9-6-5-7-10-24/h5-7,9-10,12-17,27,36,39H,4,8,11,18-22H2,1-3H3,(H,35,40)(H,37,41)(H,38,42). The molecule has 3 aromatic carbocycles. The SMILES string of the molecule is CCC(=O)NCCCC(=O)Nc1ccc(CC(C)(C)NCC(O)c2ccc(OCc3ccccc3)c3c2OCC(=O)N3)cc1. The molecule has 0 aliphatic carbocycles. The van der Waals surface area contributed by atoms with Crippen LogP contribution in [0.1, 0.15) is 62.8 Å². The maximum atomic E-state index is 12.2. The van der Waals surface area contributed by atoms with Crippen molar-refractivity contribution in [3.63, 3.8) is 0 Å². The number of fused-ring (bicyclic) bond motifs is 1. The minimum Gasteiger partial charge on any atom is -0.487 e. The van der Waals surface area contributed by atoms with Crippen LogP contribution in [-0.4, -0.2) is 48.1 Å². The number of anilines is 2. The van der Waals surface area contributed by atoms with Crippen molar-refractivity contribution < 1.29 is 29.0 Å². The number of hydrogen-bond acceptors (Lipinski definition) is 7. The number of aliphatic hydroxyl groups is 1. The fourth-order valence-electron chi connectivity index (χ4n) is 4.87. The molecule has 44 heavy (non-hydrogen) atoms. The number of carbonyl (C=O) groups excluding carboxylic acids is 3. The van der Waals surface area contributed by atoms with Gasteiger partial charge in [-0.1, -0.05) is 49.4 Å². The molecule has 4 rings (SSSR count). The molecule has 10 heteroatoms. The second-order valence-corrected chi connectivity index (χ2v) is 11.5. The predicted octanol–water partition coefficient (Wildman–Crippen LogP) is 4.49. The zero-order valence-electron chi connectivity index (χ0n) is 25.6. The van der Waals surface area contributed by atoms with Crippen molar-refractivity contribution in [2.45, 2.75) is 64.7 Å². The van der Waals surface area contributed by atoms with Crippen LogP contribution in [0.25, 0.3) is 0 Å². The molecule has 0 fully saturated rings. The third kappa shape index (κ3) is 9.55. The summed E-state index contributed by atoms with van der Waals surface area (Å²) in [6.07, 6.45) is 1.13. The summed E-state index contributed by atoms with van der Waals surface area (Å²) in [5.41, 5.74) is 3.39. The summed E-state index contributed by atoms with van der Waals surface area (Å²) in [5, 5.41) is 23.1. The molecule has 10 nitrogen and oxygen atoms in total. The van der Waals surface area contributed by atoms with Crippen molar-refractivity contribution in [3.05, 3.63) is 83.4 Å². The molecular formula is C34H42N4O6. The molecule has 234 valence electrons. The lowest BCUT2D eigenvalue weighted by Crippen LogP contribution is -2.43. The molecule has 0 spiro atoms. The van der Waals surface area contributed by atoms with Crippen LogP contribution in [0.4, 0.5) is 11.4 Å². The molecule has 1 aliphatic rings. The van der Waals surface area contributed by atoms with Crippen LogP contribution in [0.2, 0.25) is 0 Å². The van der Waals surface area contributed by atoms with Crippen LogP contribution in [0, 0.1) is 0 Å². The second kappa shape index (κ2) is 15.4. The maximum absolute atomic E-state index is 12.2. The van der Waals surface area contributed by atoms with Crippen LogP contribution >= 0.6 is 0 Å². The number of hydrogen-bond donors (Lipinski definition) is 5. The van der Waals surface area contributed by atoms with Gasteiger partial charge in [-0.2, -0.15) is 0 Å². The van der Waals surface area contributed by atoms with E-state index in [2.05, 4.69) is 35.1 Å². The van der Waals surface area contributed by atoms with Gasteiger partial charge < -0.3 is 35.8 Å². The Labute approximate surface area is 258 Å². The lowest BCUT2D eigenvalue weighted by molar-refractivity contribution is -0.121. The highest BCUT2D eigenvalue weighted by Gasteiger charge is 2.28. The van der Waals surface area contributed by atoms with Crippen molar-refractivity contribution in [1.82, 2.24) is 10.6 Å². The van der Waals surface area contributed by atoms with Gasteiger partial charge in [0, 0.05) is 42.7 Å². The molecule has 0 bridgehead atoms. The Kier molecular flexibility index (Phi) is 11.3. The molecule has 3 amide bonds. The molecular weight excluding hydrogens is 560 g/mol. The minimum atomic E-state index is -0.894. The van der Waals surface area contributed by atoms with Crippen molar-refractivity contribution in [1.29, 1.82) is 0 Å². The zero-order chi connectivity index (χ0) is 31.5. The first-order valence-electron chi connectivity index (χ1n) is 15.0. The smallest absolute Gasteiger partial charge is 0.262 e. The molecule has 1 unspecified atom stereocenters. The summed E-state index contributed by atoms with van der Waals surface area (Å²) < 4.78 is 11.8. The predicted molar refractivity (Wildman–Crippen MR) is 170 cm³/mol. The monoisotopic (exact) mass is 602 g/mol. The number of aliphatic hydroxyl groups excluding tert-OH is 1. The summed E-state index contributed by atoms with van der Waals surface area (Å²) >= 11 is 0. The van der Waals surface area contributed by atoms with E-state index in [0.29, 0.717) is 67.3 Å². The first-order chi connectivity index (χ1) is 21.1. The largest absolute Gasteiger partial charge is 0.487 e. The Bertz CT molecular complexity index is 1430. The molecule has 1 atom stereocenters. The number of nitrogens with one attached hydrogen (secondary N) is 4. The normalized spacial score (nSPS) is 13.2. The van der Waals surface area contributed by atoms with Crippen LogP contribution in [0.15, 0.2) is 66.7 Å². The summed E-state index contributed by atoms with van der Waals surface area (Å²) in [6.45, 7) is 6.83. The summed E-state index contributed by atoms with van der Waals surface area (Å²) in [7, 11) is 0. The van der Waals surface area contributed by atoms with E-state index in [1.54, 1.807) is 19.1 Å². The highest BCUT2D eigenvalue weighted by Crippen LogP contribution is 2.42. The van der Waals surface area contributed by atoms with Gasteiger partial charge in [0.1, 0.15) is 18.0 Å². The first kappa shape index (κ1) is 32.5. The summed E-state index contributed by atoms with van der Waals surface area (Å²) in [5.74, 6) is 0.485. The number of carbonyl (C=O) groups is 3. The van der Waals surface area contributed by atoms with E-state index in [0.717, 1.165) is 11.1 Å². The van der Waals surface area contributed by atoms with Gasteiger partial charge in [0.2, 0.25) is 11.8 Å².